The van der Waals surface area contributed by atoms with Crippen molar-refractivity contribution >= 4 is 17.7 Å². The van der Waals surface area contributed by atoms with Crippen LogP contribution in [-0.2, 0) is 9.53 Å². The van der Waals surface area contributed by atoms with Crippen molar-refractivity contribution in [2.45, 2.75) is 33.7 Å². The zero-order chi connectivity index (χ0) is 25.7. The lowest BCUT2D eigenvalue weighted by atomic mass is 9.94. The number of piperazine rings is 1. The van der Waals surface area contributed by atoms with E-state index in [1.54, 1.807) is 6.92 Å². The van der Waals surface area contributed by atoms with Gasteiger partial charge in [-0.1, -0.05) is 30.3 Å². The Morgan fingerprint density at radius 3 is 2.47 bits per heavy atom. The second-order valence-corrected chi connectivity index (χ2v) is 9.10. The Labute approximate surface area is 213 Å². The number of ether oxygens (including phenoxy) is 2. The van der Waals surface area contributed by atoms with E-state index in [1.165, 1.54) is 16.8 Å². The molecule has 2 N–H and O–H groups in total. The lowest BCUT2D eigenvalue weighted by Crippen LogP contribution is -2.52. The van der Waals surface area contributed by atoms with Crippen molar-refractivity contribution in [1.82, 2.24) is 15.5 Å². The van der Waals surface area contributed by atoms with E-state index in [-0.39, 0.29) is 12.6 Å². The molecule has 2 amide bonds. The third-order valence-corrected chi connectivity index (χ3v) is 6.85. The molecular formula is C28H36N4O4. The average molecular weight is 493 g/mol. The van der Waals surface area contributed by atoms with E-state index >= 15 is 0 Å². The lowest BCUT2D eigenvalue weighted by Gasteiger charge is -2.38. The topological polar surface area (TPSA) is 83.1 Å². The Bertz CT molecular complexity index is 1140. The maximum atomic E-state index is 13.2. The fourth-order valence-electron chi connectivity index (χ4n) is 4.88. The van der Waals surface area contributed by atoms with Crippen molar-refractivity contribution in [3.05, 3.63) is 70.4 Å². The van der Waals surface area contributed by atoms with Gasteiger partial charge in [-0.3, -0.25) is 4.90 Å². The monoisotopic (exact) mass is 492 g/mol. The first-order valence-electron chi connectivity index (χ1n) is 12.7. The van der Waals surface area contributed by atoms with Gasteiger partial charge in [0.1, 0.15) is 5.75 Å². The van der Waals surface area contributed by atoms with Crippen LogP contribution >= 0.6 is 0 Å². The first-order chi connectivity index (χ1) is 17.4. The zero-order valence-corrected chi connectivity index (χ0v) is 21.6. The highest BCUT2D eigenvalue weighted by Gasteiger charge is 2.36. The summed E-state index contributed by atoms with van der Waals surface area (Å²) in [5.41, 5.74) is 5.59. The van der Waals surface area contributed by atoms with Gasteiger partial charge in [0.25, 0.3) is 0 Å². The van der Waals surface area contributed by atoms with Crippen LogP contribution in [0, 0.1) is 13.8 Å². The number of hydrogen-bond donors (Lipinski definition) is 2. The summed E-state index contributed by atoms with van der Waals surface area (Å²) in [6, 6.07) is 12.9. The van der Waals surface area contributed by atoms with Crippen LogP contribution in [0.1, 0.15) is 36.6 Å². The molecular weight excluding hydrogens is 456 g/mol. The summed E-state index contributed by atoms with van der Waals surface area (Å²) in [6.45, 7) is 12.5. The first kappa shape index (κ1) is 25.6. The third-order valence-electron chi connectivity index (χ3n) is 6.85. The largest absolute Gasteiger partial charge is 0.494 e. The van der Waals surface area contributed by atoms with Crippen LogP contribution in [0.25, 0.3) is 0 Å². The van der Waals surface area contributed by atoms with Crippen LogP contribution in [0.3, 0.4) is 0 Å². The summed E-state index contributed by atoms with van der Waals surface area (Å²) in [7, 11) is 0. The number of aryl methyl sites for hydroxylation is 1. The van der Waals surface area contributed by atoms with Crippen LogP contribution in [0.4, 0.5) is 10.5 Å². The van der Waals surface area contributed by atoms with Crippen molar-refractivity contribution in [2.24, 2.45) is 0 Å². The van der Waals surface area contributed by atoms with E-state index < -0.39 is 12.0 Å². The van der Waals surface area contributed by atoms with Gasteiger partial charge in [-0.15, -0.1) is 0 Å². The smallest absolute Gasteiger partial charge is 0.338 e. The van der Waals surface area contributed by atoms with Gasteiger partial charge in [-0.2, -0.15) is 0 Å². The molecule has 1 fully saturated rings. The fraction of sp³-hybridized carbons (Fsp3) is 0.429. The molecule has 1 atom stereocenters. The zero-order valence-electron chi connectivity index (χ0n) is 21.6. The number of nitrogens with one attached hydrogen (secondary N) is 2. The number of nitrogens with zero attached hydrogens (tertiary/aromatic N) is 2. The number of rotatable bonds is 8. The standard InChI is InChI=1S/C28H36N4O4/c1-5-35-24-13-8-7-11-21(24)26-25(27(33)36-6-2)22(29-28(34)30-26)18-31-14-16-32(17-15-31)23-12-9-10-19(3)20(23)4/h7-13,26H,5-6,14-18H2,1-4H3,(H2,29,30,34). The molecule has 2 aromatic carbocycles. The molecule has 192 valence electrons. The number of anilines is 1. The van der Waals surface area contributed by atoms with Gasteiger partial charge in [0.2, 0.25) is 0 Å². The van der Waals surface area contributed by atoms with Crippen LogP contribution in [0.2, 0.25) is 0 Å². The summed E-state index contributed by atoms with van der Waals surface area (Å²) in [5, 5.41) is 5.81. The second kappa shape index (κ2) is 11.5. The SMILES string of the molecule is CCOC(=O)C1=C(CN2CCN(c3cccc(C)c3C)CC2)NC(=O)NC1c1ccccc1OCC. The molecule has 1 unspecified atom stereocenters. The van der Waals surface area contributed by atoms with Crippen molar-refractivity contribution in [1.29, 1.82) is 0 Å². The van der Waals surface area contributed by atoms with Crippen molar-refractivity contribution in [2.75, 3.05) is 50.8 Å². The minimum atomic E-state index is -0.660. The summed E-state index contributed by atoms with van der Waals surface area (Å²) >= 11 is 0. The van der Waals surface area contributed by atoms with Crippen LogP contribution in [0.15, 0.2) is 53.7 Å². The maximum Gasteiger partial charge on any atom is 0.338 e. The van der Waals surface area contributed by atoms with Gasteiger partial charge in [0, 0.05) is 49.7 Å². The molecule has 0 spiro atoms. The number of carbonyl (C=O) groups excluding carboxylic acids is 2. The van der Waals surface area contributed by atoms with E-state index in [1.807, 2.05) is 31.2 Å². The van der Waals surface area contributed by atoms with Crippen molar-refractivity contribution in [3.8, 4) is 5.75 Å². The number of carbonyl (C=O) groups is 2. The van der Waals surface area contributed by atoms with Crippen LogP contribution < -0.4 is 20.3 Å². The molecule has 8 nitrogen and oxygen atoms in total. The predicted octanol–water partition coefficient (Wildman–Crippen LogP) is 3.70. The Kier molecular flexibility index (Phi) is 8.15. The maximum absolute atomic E-state index is 13.2. The van der Waals surface area contributed by atoms with Gasteiger partial charge < -0.3 is 25.0 Å². The summed E-state index contributed by atoms with van der Waals surface area (Å²) < 4.78 is 11.2. The molecule has 2 aliphatic heterocycles. The van der Waals surface area contributed by atoms with Crippen LogP contribution in [0.5, 0.6) is 5.75 Å². The molecule has 0 saturated carbocycles. The van der Waals surface area contributed by atoms with Gasteiger partial charge in [0.05, 0.1) is 24.8 Å². The quantitative estimate of drug-likeness (QED) is 0.547. The third kappa shape index (κ3) is 5.49. The molecule has 0 aliphatic carbocycles. The highest BCUT2D eigenvalue weighted by atomic mass is 16.5. The highest BCUT2D eigenvalue weighted by molar-refractivity contribution is 5.95. The molecule has 36 heavy (non-hydrogen) atoms. The molecule has 1 saturated heterocycles. The Morgan fingerprint density at radius 1 is 1.00 bits per heavy atom. The normalized spacial score (nSPS) is 18.5. The minimum absolute atomic E-state index is 0.248. The fourth-order valence-corrected chi connectivity index (χ4v) is 4.88. The van der Waals surface area contributed by atoms with E-state index in [4.69, 9.17) is 9.47 Å². The van der Waals surface area contributed by atoms with E-state index in [9.17, 15) is 9.59 Å². The summed E-state index contributed by atoms with van der Waals surface area (Å²) in [6.07, 6.45) is 0. The van der Waals surface area contributed by atoms with Crippen molar-refractivity contribution in [3.63, 3.8) is 0 Å². The van der Waals surface area contributed by atoms with E-state index in [2.05, 4.69) is 52.5 Å². The summed E-state index contributed by atoms with van der Waals surface area (Å²) in [5.74, 6) is 0.195. The molecule has 0 radical (unpaired) electrons. The van der Waals surface area contributed by atoms with Crippen LogP contribution in [-0.4, -0.2) is 62.8 Å². The van der Waals surface area contributed by atoms with Crippen molar-refractivity contribution < 1.29 is 19.1 Å². The van der Waals surface area contributed by atoms with Gasteiger partial charge >= 0.3 is 12.0 Å². The van der Waals surface area contributed by atoms with E-state index in [0.29, 0.717) is 30.2 Å². The molecule has 2 aromatic rings. The number of amides is 2. The number of para-hydroxylation sites is 1. The Balaban J connectivity index is 1.59. The molecule has 0 aromatic heterocycles. The number of hydrogen-bond acceptors (Lipinski definition) is 6. The number of benzene rings is 2. The summed E-state index contributed by atoms with van der Waals surface area (Å²) in [4.78, 5) is 30.6. The minimum Gasteiger partial charge on any atom is -0.494 e. The van der Waals surface area contributed by atoms with Gasteiger partial charge in [-0.05, 0) is 51.0 Å². The predicted molar refractivity (Wildman–Crippen MR) is 140 cm³/mol. The number of urea groups is 1. The molecule has 0 bridgehead atoms. The average Bonchev–Trinajstić information content (AvgIpc) is 2.86. The second-order valence-electron chi connectivity index (χ2n) is 9.10. The number of esters is 1. The van der Waals surface area contributed by atoms with Gasteiger partial charge in [-0.25, -0.2) is 9.59 Å². The molecule has 2 heterocycles. The van der Waals surface area contributed by atoms with E-state index in [0.717, 1.165) is 31.7 Å². The lowest BCUT2D eigenvalue weighted by molar-refractivity contribution is -0.139. The van der Waals surface area contributed by atoms with Gasteiger partial charge in [0.15, 0.2) is 0 Å². The Morgan fingerprint density at radius 2 is 1.75 bits per heavy atom. The molecule has 8 heteroatoms. The Hall–Kier alpha value is -3.52. The molecule has 2 aliphatic rings. The highest BCUT2D eigenvalue weighted by Crippen LogP contribution is 2.34. The first-order valence-corrected chi connectivity index (χ1v) is 12.7. The molecule has 4 rings (SSSR count).